The number of nitrogens with one attached hydrogen (secondary N) is 2. The number of H-pyrrole nitrogens is 1. The maximum Gasteiger partial charge on any atom is 0.0490 e. The molecule has 0 aromatic carbocycles. The molecule has 1 fully saturated rings. The van der Waals surface area contributed by atoms with Crippen LogP contribution in [0, 0.1) is 5.92 Å². The van der Waals surface area contributed by atoms with Gasteiger partial charge in [-0.25, -0.2) is 0 Å². The molecule has 0 amide bonds. The summed E-state index contributed by atoms with van der Waals surface area (Å²) >= 11 is 0. The van der Waals surface area contributed by atoms with Crippen LogP contribution in [-0.2, 0) is 6.54 Å². The molecule has 1 heterocycles. The number of aromatic amines is 1. The molecule has 2 unspecified atom stereocenters. The van der Waals surface area contributed by atoms with Gasteiger partial charge in [-0.3, -0.25) is 5.10 Å². The van der Waals surface area contributed by atoms with Crippen LogP contribution in [0.25, 0.3) is 0 Å². The fraction of sp³-hybridized carbons (Fsp3) is 0.700. The average molecular weight is 179 g/mol. The van der Waals surface area contributed by atoms with E-state index in [1.807, 2.05) is 6.07 Å². The number of hydrogen-bond acceptors (Lipinski definition) is 2. The lowest BCUT2D eigenvalue weighted by Gasteiger charge is -2.16. The van der Waals surface area contributed by atoms with Gasteiger partial charge in [0.15, 0.2) is 0 Å². The van der Waals surface area contributed by atoms with E-state index >= 15 is 0 Å². The molecule has 1 aromatic heterocycles. The van der Waals surface area contributed by atoms with Crippen molar-refractivity contribution >= 4 is 0 Å². The lowest BCUT2D eigenvalue weighted by molar-refractivity contribution is 0.423. The molecule has 0 bridgehead atoms. The highest BCUT2D eigenvalue weighted by atomic mass is 15.1. The third-order valence-corrected chi connectivity index (χ3v) is 2.97. The van der Waals surface area contributed by atoms with Gasteiger partial charge < -0.3 is 5.32 Å². The van der Waals surface area contributed by atoms with E-state index in [4.69, 9.17) is 0 Å². The van der Waals surface area contributed by atoms with Crippen LogP contribution in [0.5, 0.6) is 0 Å². The molecule has 2 N–H and O–H groups in total. The van der Waals surface area contributed by atoms with Crippen LogP contribution in [0.1, 0.15) is 31.9 Å². The SMILES string of the molecule is CC1CCCC1NCc1ccn[nH]1. The van der Waals surface area contributed by atoms with Gasteiger partial charge >= 0.3 is 0 Å². The van der Waals surface area contributed by atoms with Crippen molar-refractivity contribution in [2.24, 2.45) is 5.92 Å². The first-order valence-corrected chi connectivity index (χ1v) is 5.08. The highest BCUT2D eigenvalue weighted by Crippen LogP contribution is 2.24. The first kappa shape index (κ1) is 8.75. The van der Waals surface area contributed by atoms with Crippen LogP contribution in [0.2, 0.25) is 0 Å². The Bertz CT molecular complexity index is 243. The highest BCUT2D eigenvalue weighted by molar-refractivity contribution is 4.97. The Morgan fingerprint density at radius 3 is 3.15 bits per heavy atom. The fourth-order valence-corrected chi connectivity index (χ4v) is 2.07. The summed E-state index contributed by atoms with van der Waals surface area (Å²) < 4.78 is 0. The second-order valence-corrected chi connectivity index (χ2v) is 3.98. The molecule has 1 aliphatic rings. The third kappa shape index (κ3) is 2.10. The molecule has 2 atom stereocenters. The monoisotopic (exact) mass is 179 g/mol. The minimum Gasteiger partial charge on any atom is -0.308 e. The van der Waals surface area contributed by atoms with Crippen LogP contribution in [0.3, 0.4) is 0 Å². The molecule has 1 aromatic rings. The van der Waals surface area contributed by atoms with Gasteiger partial charge in [-0.2, -0.15) is 5.10 Å². The van der Waals surface area contributed by atoms with Gasteiger partial charge in [0.2, 0.25) is 0 Å². The minimum atomic E-state index is 0.711. The quantitative estimate of drug-likeness (QED) is 0.741. The van der Waals surface area contributed by atoms with E-state index in [9.17, 15) is 0 Å². The predicted molar refractivity (Wildman–Crippen MR) is 52.2 cm³/mol. The van der Waals surface area contributed by atoms with Crippen molar-refractivity contribution < 1.29 is 0 Å². The third-order valence-electron chi connectivity index (χ3n) is 2.97. The number of aromatic nitrogens is 2. The standard InChI is InChI=1S/C10H17N3/c1-8-3-2-4-10(8)11-7-9-5-6-12-13-9/h5-6,8,10-11H,2-4,7H2,1H3,(H,12,13). The summed E-state index contributed by atoms with van der Waals surface area (Å²) in [5.41, 5.74) is 1.18. The van der Waals surface area contributed by atoms with Crippen molar-refractivity contribution in [1.82, 2.24) is 15.5 Å². The van der Waals surface area contributed by atoms with Gasteiger partial charge in [-0.1, -0.05) is 13.3 Å². The molecule has 13 heavy (non-hydrogen) atoms. The van der Waals surface area contributed by atoms with Gasteiger partial charge in [-0.15, -0.1) is 0 Å². The minimum absolute atomic E-state index is 0.711. The van der Waals surface area contributed by atoms with E-state index in [-0.39, 0.29) is 0 Å². The summed E-state index contributed by atoms with van der Waals surface area (Å²) in [5.74, 6) is 0.836. The van der Waals surface area contributed by atoms with Gasteiger partial charge in [-0.05, 0) is 24.8 Å². The molecule has 0 aliphatic heterocycles. The lowest BCUT2D eigenvalue weighted by Crippen LogP contribution is -2.30. The second-order valence-electron chi connectivity index (χ2n) is 3.98. The van der Waals surface area contributed by atoms with Gasteiger partial charge in [0.25, 0.3) is 0 Å². The van der Waals surface area contributed by atoms with Gasteiger partial charge in [0.05, 0.1) is 0 Å². The van der Waals surface area contributed by atoms with Crippen molar-refractivity contribution in [3.05, 3.63) is 18.0 Å². The molecule has 0 radical (unpaired) electrons. The maximum absolute atomic E-state index is 3.92. The van der Waals surface area contributed by atoms with Crippen LogP contribution in [-0.4, -0.2) is 16.2 Å². The molecule has 1 aliphatic carbocycles. The molecule has 0 spiro atoms. The first-order chi connectivity index (χ1) is 6.36. The molecule has 0 saturated heterocycles. The number of nitrogens with zero attached hydrogens (tertiary/aromatic N) is 1. The van der Waals surface area contributed by atoms with Crippen molar-refractivity contribution in [1.29, 1.82) is 0 Å². The Balaban J connectivity index is 1.79. The smallest absolute Gasteiger partial charge is 0.0490 e. The molecule has 1 saturated carbocycles. The van der Waals surface area contributed by atoms with E-state index in [2.05, 4.69) is 22.4 Å². The average Bonchev–Trinajstić information content (AvgIpc) is 2.72. The van der Waals surface area contributed by atoms with Crippen LogP contribution < -0.4 is 5.32 Å². The summed E-state index contributed by atoms with van der Waals surface area (Å²) in [5, 5.41) is 10.4. The topological polar surface area (TPSA) is 40.7 Å². The lowest BCUT2D eigenvalue weighted by atomic mass is 10.1. The van der Waals surface area contributed by atoms with E-state index in [1.165, 1.54) is 25.0 Å². The van der Waals surface area contributed by atoms with E-state index in [1.54, 1.807) is 6.20 Å². The fourth-order valence-electron chi connectivity index (χ4n) is 2.07. The van der Waals surface area contributed by atoms with E-state index in [0.717, 1.165) is 12.5 Å². The Hall–Kier alpha value is -0.830. The van der Waals surface area contributed by atoms with Crippen LogP contribution >= 0.6 is 0 Å². The molecule has 72 valence electrons. The number of rotatable bonds is 3. The zero-order chi connectivity index (χ0) is 9.10. The largest absolute Gasteiger partial charge is 0.308 e. The van der Waals surface area contributed by atoms with Gasteiger partial charge in [0, 0.05) is 24.5 Å². The molecular weight excluding hydrogens is 162 g/mol. The summed E-state index contributed by atoms with van der Waals surface area (Å²) in [6, 6.07) is 2.73. The highest BCUT2D eigenvalue weighted by Gasteiger charge is 2.22. The zero-order valence-electron chi connectivity index (χ0n) is 8.09. The van der Waals surface area contributed by atoms with Crippen LogP contribution in [0.4, 0.5) is 0 Å². The second kappa shape index (κ2) is 3.92. The summed E-state index contributed by atoms with van der Waals surface area (Å²) in [4.78, 5) is 0. The molecule has 3 heteroatoms. The molecular formula is C10H17N3. The Morgan fingerprint density at radius 2 is 2.54 bits per heavy atom. The van der Waals surface area contributed by atoms with Crippen LogP contribution in [0.15, 0.2) is 12.3 Å². The Labute approximate surface area is 78.9 Å². The van der Waals surface area contributed by atoms with E-state index < -0.39 is 0 Å². The summed E-state index contributed by atoms with van der Waals surface area (Å²) in [6.45, 7) is 3.26. The maximum atomic E-state index is 3.92. The Morgan fingerprint density at radius 1 is 1.62 bits per heavy atom. The predicted octanol–water partition coefficient (Wildman–Crippen LogP) is 1.69. The first-order valence-electron chi connectivity index (χ1n) is 5.08. The summed E-state index contributed by atoms with van der Waals surface area (Å²) in [6.07, 6.45) is 5.88. The Kier molecular flexibility index (Phi) is 2.64. The normalized spacial score (nSPS) is 28.1. The van der Waals surface area contributed by atoms with Crippen molar-refractivity contribution in [3.63, 3.8) is 0 Å². The van der Waals surface area contributed by atoms with Crippen molar-refractivity contribution in [2.45, 2.75) is 38.8 Å². The number of hydrogen-bond donors (Lipinski definition) is 2. The van der Waals surface area contributed by atoms with Gasteiger partial charge in [0.1, 0.15) is 0 Å². The zero-order valence-corrected chi connectivity index (χ0v) is 8.09. The summed E-state index contributed by atoms with van der Waals surface area (Å²) in [7, 11) is 0. The van der Waals surface area contributed by atoms with Crippen molar-refractivity contribution in [2.75, 3.05) is 0 Å². The molecule has 3 nitrogen and oxygen atoms in total. The molecule has 2 rings (SSSR count). The van der Waals surface area contributed by atoms with Crippen molar-refractivity contribution in [3.8, 4) is 0 Å². The van der Waals surface area contributed by atoms with E-state index in [0.29, 0.717) is 6.04 Å².